The number of hydroxylamine groups is 2. The maximum Gasteiger partial charge on any atom is 0.447 e. The maximum atomic E-state index is 11.3. The molecular weight excluding hydrogens is 194 g/mol. The zero-order chi connectivity index (χ0) is 10.7. The van der Waals surface area contributed by atoms with E-state index in [0.717, 1.165) is 10.6 Å². The van der Waals surface area contributed by atoms with Gasteiger partial charge in [0.1, 0.15) is 0 Å². The highest BCUT2D eigenvalue weighted by molar-refractivity contribution is 5.71. The summed E-state index contributed by atoms with van der Waals surface area (Å²) in [6.07, 6.45) is 2.83. The Morgan fingerprint density at radius 1 is 1.47 bits per heavy atom. The van der Waals surface area contributed by atoms with E-state index in [2.05, 4.69) is 0 Å². The molecule has 0 atom stereocenters. The lowest BCUT2D eigenvalue weighted by atomic mass is 10.2. The third-order valence-corrected chi connectivity index (χ3v) is 1.95. The first-order valence-electron chi connectivity index (χ1n) is 4.72. The zero-order valence-corrected chi connectivity index (χ0v) is 8.34. The fourth-order valence-corrected chi connectivity index (χ4v) is 1.27. The molecule has 0 bridgehead atoms. The lowest BCUT2D eigenvalue weighted by Gasteiger charge is -2.22. The number of hydrogen-bond donors (Lipinski definition) is 0. The van der Waals surface area contributed by atoms with Crippen molar-refractivity contribution in [3.63, 3.8) is 0 Å². The fraction of sp³-hybridized carbons (Fsp3) is 0.182. The minimum Gasteiger partial charge on any atom is -0.447 e. The Morgan fingerprint density at radius 2 is 2.27 bits per heavy atom. The Bertz CT molecular complexity index is 401. The summed E-state index contributed by atoms with van der Waals surface area (Å²) < 4.78 is 4.81. The smallest absolute Gasteiger partial charge is 0.447 e. The molecule has 0 saturated carbocycles. The summed E-state index contributed by atoms with van der Waals surface area (Å²) in [5, 5.41) is 1.08. The molecule has 4 heteroatoms. The number of ether oxygens (including phenoxy) is 1. The summed E-state index contributed by atoms with van der Waals surface area (Å²) in [7, 11) is 0. The summed E-state index contributed by atoms with van der Waals surface area (Å²) in [5.41, 5.74) is 0.943. The molecule has 0 spiro atoms. The van der Waals surface area contributed by atoms with Crippen LogP contribution >= 0.6 is 0 Å². The van der Waals surface area contributed by atoms with E-state index in [1.54, 1.807) is 25.3 Å². The van der Waals surface area contributed by atoms with E-state index < -0.39 is 6.09 Å². The normalized spacial score (nSPS) is 13.0. The van der Waals surface area contributed by atoms with Gasteiger partial charge in [0.2, 0.25) is 0 Å². The minimum absolute atomic E-state index is 0.328. The van der Waals surface area contributed by atoms with E-state index >= 15 is 0 Å². The van der Waals surface area contributed by atoms with Crippen molar-refractivity contribution in [2.45, 2.75) is 6.92 Å². The Morgan fingerprint density at radius 3 is 3.07 bits per heavy atom. The number of para-hydroxylation sites is 1. The third-order valence-electron chi connectivity index (χ3n) is 1.95. The summed E-state index contributed by atoms with van der Waals surface area (Å²) in [6.45, 7) is 2.08. The summed E-state index contributed by atoms with van der Waals surface area (Å²) in [6, 6.07) is 7.47. The molecule has 1 aromatic carbocycles. The van der Waals surface area contributed by atoms with Gasteiger partial charge < -0.3 is 9.57 Å². The van der Waals surface area contributed by atoms with Crippen molar-refractivity contribution in [3.8, 4) is 5.75 Å². The number of benzene rings is 1. The van der Waals surface area contributed by atoms with Gasteiger partial charge in [0.05, 0.1) is 12.8 Å². The van der Waals surface area contributed by atoms with Crippen molar-refractivity contribution in [3.05, 3.63) is 36.0 Å². The van der Waals surface area contributed by atoms with Crippen LogP contribution < -0.4 is 4.84 Å². The highest BCUT2D eigenvalue weighted by Crippen LogP contribution is 2.24. The van der Waals surface area contributed by atoms with Crippen LogP contribution in [0.25, 0.3) is 6.08 Å². The van der Waals surface area contributed by atoms with Crippen molar-refractivity contribution in [1.82, 2.24) is 5.06 Å². The molecule has 1 amide bonds. The molecule has 1 aliphatic heterocycles. The predicted octanol–water partition coefficient (Wildman–Crippen LogP) is 2.42. The van der Waals surface area contributed by atoms with Crippen LogP contribution in [0.4, 0.5) is 4.79 Å². The molecule has 4 nitrogen and oxygen atoms in total. The number of carbonyl (C=O) groups is 1. The summed E-state index contributed by atoms with van der Waals surface area (Å²) in [4.78, 5) is 16.7. The van der Waals surface area contributed by atoms with Crippen molar-refractivity contribution < 1.29 is 14.4 Å². The molecule has 15 heavy (non-hydrogen) atoms. The van der Waals surface area contributed by atoms with Crippen LogP contribution in [0.3, 0.4) is 0 Å². The van der Waals surface area contributed by atoms with Crippen LogP contribution in [0, 0.1) is 0 Å². The lowest BCUT2D eigenvalue weighted by molar-refractivity contribution is -0.0101. The number of rotatable bonds is 1. The van der Waals surface area contributed by atoms with E-state index in [-0.39, 0.29) is 0 Å². The van der Waals surface area contributed by atoms with Crippen LogP contribution in [0.2, 0.25) is 0 Å². The third kappa shape index (κ3) is 1.93. The van der Waals surface area contributed by atoms with Gasteiger partial charge in [-0.1, -0.05) is 18.2 Å². The molecule has 0 aromatic heterocycles. The van der Waals surface area contributed by atoms with Gasteiger partial charge in [0.15, 0.2) is 5.75 Å². The Balaban J connectivity index is 2.15. The van der Waals surface area contributed by atoms with Gasteiger partial charge in [-0.05, 0) is 19.1 Å². The van der Waals surface area contributed by atoms with E-state index in [9.17, 15) is 4.79 Å². The van der Waals surface area contributed by atoms with Crippen LogP contribution in [-0.2, 0) is 4.74 Å². The molecule has 0 saturated heterocycles. The molecule has 0 fully saturated rings. The molecule has 1 aromatic rings. The molecule has 2 rings (SSSR count). The Labute approximate surface area is 87.7 Å². The predicted molar refractivity (Wildman–Crippen MR) is 55.0 cm³/mol. The number of amides is 1. The van der Waals surface area contributed by atoms with E-state index in [1.807, 2.05) is 18.2 Å². The van der Waals surface area contributed by atoms with Crippen molar-refractivity contribution in [1.29, 1.82) is 0 Å². The van der Waals surface area contributed by atoms with Gasteiger partial charge in [-0.15, -0.1) is 5.06 Å². The second kappa shape index (κ2) is 4.04. The lowest BCUT2D eigenvalue weighted by Crippen LogP contribution is -2.31. The number of fused-ring (bicyclic) bond motifs is 1. The second-order valence-electron chi connectivity index (χ2n) is 2.97. The second-order valence-corrected chi connectivity index (χ2v) is 2.97. The van der Waals surface area contributed by atoms with Gasteiger partial charge in [-0.3, -0.25) is 0 Å². The molecule has 1 aliphatic rings. The molecule has 1 heterocycles. The standard InChI is InChI=1S/C11H11NO3/c1-2-14-11(13)12-8-7-9-5-3-4-6-10(9)15-12/h3-8H,2H2,1H3. The monoisotopic (exact) mass is 205 g/mol. The minimum atomic E-state index is -0.511. The first-order valence-corrected chi connectivity index (χ1v) is 4.72. The van der Waals surface area contributed by atoms with E-state index in [1.165, 1.54) is 0 Å². The highest BCUT2D eigenvalue weighted by atomic mass is 16.7. The molecule has 0 radical (unpaired) electrons. The largest absolute Gasteiger partial charge is 0.447 e. The number of hydrogen-bond acceptors (Lipinski definition) is 3. The van der Waals surface area contributed by atoms with Crippen molar-refractivity contribution in [2.24, 2.45) is 0 Å². The topological polar surface area (TPSA) is 38.8 Å². The Hall–Kier alpha value is -1.97. The molecule has 78 valence electrons. The first kappa shape index (κ1) is 9.58. The number of carbonyl (C=O) groups excluding carboxylic acids is 1. The quantitative estimate of drug-likeness (QED) is 0.706. The van der Waals surface area contributed by atoms with Crippen LogP contribution in [0.1, 0.15) is 12.5 Å². The maximum absolute atomic E-state index is 11.3. The molecule has 0 N–H and O–H groups in total. The van der Waals surface area contributed by atoms with Gasteiger partial charge in [0.25, 0.3) is 0 Å². The van der Waals surface area contributed by atoms with Gasteiger partial charge >= 0.3 is 6.09 Å². The first-order chi connectivity index (χ1) is 7.31. The Kier molecular flexibility index (Phi) is 2.58. The summed E-state index contributed by atoms with van der Waals surface area (Å²) >= 11 is 0. The van der Waals surface area contributed by atoms with Crippen molar-refractivity contribution in [2.75, 3.05) is 6.61 Å². The van der Waals surface area contributed by atoms with E-state index in [0.29, 0.717) is 12.4 Å². The summed E-state index contributed by atoms with van der Waals surface area (Å²) in [5.74, 6) is 0.646. The van der Waals surface area contributed by atoms with Crippen LogP contribution in [-0.4, -0.2) is 17.8 Å². The highest BCUT2D eigenvalue weighted by Gasteiger charge is 2.18. The van der Waals surface area contributed by atoms with Gasteiger partial charge in [-0.25, -0.2) is 4.79 Å². The SMILES string of the molecule is CCOC(=O)N1C=Cc2ccccc2O1. The van der Waals surface area contributed by atoms with Crippen molar-refractivity contribution >= 4 is 12.2 Å². The number of nitrogens with zero attached hydrogens (tertiary/aromatic N) is 1. The van der Waals surface area contributed by atoms with Crippen LogP contribution in [0.15, 0.2) is 30.5 Å². The van der Waals surface area contributed by atoms with E-state index in [4.69, 9.17) is 9.57 Å². The van der Waals surface area contributed by atoms with Gasteiger partial charge in [-0.2, -0.15) is 0 Å². The zero-order valence-electron chi connectivity index (χ0n) is 8.34. The molecule has 0 unspecified atom stereocenters. The average Bonchev–Trinajstić information content (AvgIpc) is 2.29. The molecule has 0 aliphatic carbocycles. The molecular formula is C11H11NO3. The fourth-order valence-electron chi connectivity index (χ4n) is 1.27. The average molecular weight is 205 g/mol. The van der Waals surface area contributed by atoms with Crippen LogP contribution in [0.5, 0.6) is 5.75 Å². The van der Waals surface area contributed by atoms with Gasteiger partial charge in [0, 0.05) is 5.56 Å².